The van der Waals surface area contributed by atoms with Crippen molar-refractivity contribution < 1.29 is 9.52 Å². The van der Waals surface area contributed by atoms with Crippen LogP contribution in [-0.4, -0.2) is 20.8 Å². The maximum Gasteiger partial charge on any atom is 0.177 e. The van der Waals surface area contributed by atoms with E-state index in [0.717, 1.165) is 11.0 Å². The summed E-state index contributed by atoms with van der Waals surface area (Å²) in [5, 5.41) is 10.3. The second kappa shape index (κ2) is 4.72. The van der Waals surface area contributed by atoms with Gasteiger partial charge in [-0.1, -0.05) is 11.6 Å². The summed E-state index contributed by atoms with van der Waals surface area (Å²) in [6.45, 7) is 2.18. The first-order valence-corrected chi connectivity index (χ1v) is 6.40. The zero-order chi connectivity index (χ0) is 13.4. The molecule has 0 spiro atoms. The summed E-state index contributed by atoms with van der Waals surface area (Å²) in [5.41, 5.74) is 1.72. The number of imidazole rings is 1. The summed E-state index contributed by atoms with van der Waals surface area (Å²) >= 11 is 6.03. The van der Waals surface area contributed by atoms with Crippen LogP contribution >= 0.6 is 11.6 Å². The molecular formula is C14H13ClN2O2. The van der Waals surface area contributed by atoms with Gasteiger partial charge in [0.1, 0.15) is 0 Å². The van der Waals surface area contributed by atoms with E-state index < -0.39 is 6.10 Å². The molecule has 1 atom stereocenters. The Balaban J connectivity index is 2.25. The molecule has 0 saturated carbocycles. The molecule has 0 amide bonds. The number of hydrogen-bond donors (Lipinski definition) is 1. The van der Waals surface area contributed by atoms with Gasteiger partial charge in [0.2, 0.25) is 0 Å². The minimum Gasteiger partial charge on any atom is -0.461 e. The molecule has 98 valence electrons. The molecule has 1 N–H and O–H groups in total. The third-order valence-corrected chi connectivity index (χ3v) is 3.13. The van der Waals surface area contributed by atoms with Gasteiger partial charge in [0.15, 0.2) is 11.6 Å². The molecule has 19 heavy (non-hydrogen) atoms. The van der Waals surface area contributed by atoms with E-state index in [4.69, 9.17) is 16.0 Å². The van der Waals surface area contributed by atoms with Crippen LogP contribution in [0.2, 0.25) is 5.02 Å². The fourth-order valence-electron chi connectivity index (χ4n) is 2.14. The molecule has 2 heterocycles. The molecule has 0 radical (unpaired) electrons. The van der Waals surface area contributed by atoms with Gasteiger partial charge in [0, 0.05) is 5.02 Å². The van der Waals surface area contributed by atoms with Gasteiger partial charge in [-0.2, -0.15) is 0 Å². The standard InChI is InChI=1S/C14H13ClN2O2/c1-9(18)8-17-12-7-10(15)4-5-11(12)16-14(17)13-3-2-6-19-13/h2-7,9,18H,8H2,1H3. The first-order chi connectivity index (χ1) is 9.15. The highest BCUT2D eigenvalue weighted by atomic mass is 35.5. The molecule has 5 heteroatoms. The summed E-state index contributed by atoms with van der Waals surface area (Å²) in [4.78, 5) is 4.55. The molecule has 0 saturated heterocycles. The number of rotatable bonds is 3. The van der Waals surface area contributed by atoms with Crippen molar-refractivity contribution in [3.8, 4) is 11.6 Å². The van der Waals surface area contributed by atoms with Gasteiger partial charge in [0.05, 0.1) is 29.9 Å². The number of nitrogens with zero attached hydrogens (tertiary/aromatic N) is 2. The molecule has 3 aromatic rings. The molecule has 0 aliphatic carbocycles. The number of aromatic nitrogens is 2. The number of furan rings is 1. The third kappa shape index (κ3) is 2.25. The Labute approximate surface area is 115 Å². The number of benzene rings is 1. The van der Waals surface area contributed by atoms with E-state index in [2.05, 4.69) is 4.98 Å². The number of hydrogen-bond acceptors (Lipinski definition) is 3. The Hall–Kier alpha value is -1.78. The van der Waals surface area contributed by atoms with Crippen molar-refractivity contribution >= 4 is 22.6 Å². The molecule has 0 bridgehead atoms. The summed E-state index contributed by atoms with van der Waals surface area (Å²) in [5.74, 6) is 1.37. The predicted octanol–water partition coefficient (Wildman–Crippen LogP) is 3.33. The van der Waals surface area contributed by atoms with Crippen LogP contribution in [-0.2, 0) is 6.54 Å². The second-order valence-electron chi connectivity index (χ2n) is 4.51. The first-order valence-electron chi connectivity index (χ1n) is 6.03. The maximum atomic E-state index is 9.66. The van der Waals surface area contributed by atoms with Crippen molar-refractivity contribution in [2.45, 2.75) is 19.6 Å². The van der Waals surface area contributed by atoms with E-state index in [0.29, 0.717) is 23.2 Å². The zero-order valence-corrected chi connectivity index (χ0v) is 11.1. The third-order valence-electron chi connectivity index (χ3n) is 2.90. The molecule has 1 unspecified atom stereocenters. The minimum atomic E-state index is -0.481. The van der Waals surface area contributed by atoms with E-state index in [1.165, 1.54) is 0 Å². The molecule has 0 aliphatic heterocycles. The highest BCUT2D eigenvalue weighted by Gasteiger charge is 2.16. The molecule has 0 aliphatic rings. The van der Waals surface area contributed by atoms with Gasteiger partial charge in [-0.15, -0.1) is 0 Å². The van der Waals surface area contributed by atoms with Gasteiger partial charge in [-0.3, -0.25) is 0 Å². The van der Waals surface area contributed by atoms with Crippen molar-refractivity contribution in [2.24, 2.45) is 0 Å². The highest BCUT2D eigenvalue weighted by Crippen LogP contribution is 2.27. The van der Waals surface area contributed by atoms with Gasteiger partial charge >= 0.3 is 0 Å². The van der Waals surface area contributed by atoms with Crippen molar-refractivity contribution in [1.29, 1.82) is 0 Å². The van der Waals surface area contributed by atoms with E-state index in [9.17, 15) is 5.11 Å². The normalized spacial score (nSPS) is 13.0. The predicted molar refractivity (Wildman–Crippen MR) is 74.1 cm³/mol. The molecular weight excluding hydrogens is 264 g/mol. The van der Waals surface area contributed by atoms with Crippen LogP contribution < -0.4 is 0 Å². The van der Waals surface area contributed by atoms with E-state index in [1.807, 2.05) is 28.8 Å². The molecule has 3 rings (SSSR count). The first kappa shape index (κ1) is 12.3. The molecule has 0 fully saturated rings. The van der Waals surface area contributed by atoms with Crippen molar-refractivity contribution in [3.63, 3.8) is 0 Å². The fourth-order valence-corrected chi connectivity index (χ4v) is 2.31. The smallest absolute Gasteiger partial charge is 0.177 e. The Morgan fingerprint density at radius 3 is 2.95 bits per heavy atom. The Bertz CT molecular complexity index is 702. The Morgan fingerprint density at radius 2 is 2.26 bits per heavy atom. The monoisotopic (exact) mass is 276 g/mol. The lowest BCUT2D eigenvalue weighted by Gasteiger charge is -2.09. The summed E-state index contributed by atoms with van der Waals surface area (Å²) in [6, 6.07) is 9.17. The average Bonchev–Trinajstić information content (AvgIpc) is 2.97. The van der Waals surface area contributed by atoms with Crippen LogP contribution in [0, 0.1) is 0 Å². The molecule has 2 aromatic heterocycles. The van der Waals surface area contributed by atoms with Gasteiger partial charge in [0.25, 0.3) is 0 Å². The van der Waals surface area contributed by atoms with E-state index in [1.54, 1.807) is 19.3 Å². The van der Waals surface area contributed by atoms with E-state index in [-0.39, 0.29) is 0 Å². The Morgan fingerprint density at radius 1 is 1.42 bits per heavy atom. The van der Waals surface area contributed by atoms with Crippen molar-refractivity contribution in [1.82, 2.24) is 9.55 Å². The van der Waals surface area contributed by atoms with Gasteiger partial charge in [-0.05, 0) is 37.3 Å². The number of aliphatic hydroxyl groups excluding tert-OH is 1. The highest BCUT2D eigenvalue weighted by molar-refractivity contribution is 6.31. The number of halogens is 1. The SMILES string of the molecule is CC(O)Cn1c(-c2ccco2)nc2ccc(Cl)cc21. The lowest BCUT2D eigenvalue weighted by molar-refractivity contribution is 0.175. The van der Waals surface area contributed by atoms with Crippen LogP contribution in [0.15, 0.2) is 41.0 Å². The zero-order valence-electron chi connectivity index (χ0n) is 10.4. The van der Waals surface area contributed by atoms with Crippen LogP contribution in [0.1, 0.15) is 6.92 Å². The quantitative estimate of drug-likeness (QED) is 0.798. The van der Waals surface area contributed by atoms with Crippen LogP contribution in [0.4, 0.5) is 0 Å². The largest absolute Gasteiger partial charge is 0.461 e. The van der Waals surface area contributed by atoms with Crippen LogP contribution in [0.25, 0.3) is 22.6 Å². The Kier molecular flexibility index (Phi) is 3.05. The van der Waals surface area contributed by atoms with Crippen LogP contribution in [0.5, 0.6) is 0 Å². The summed E-state index contributed by atoms with van der Waals surface area (Å²) in [6.07, 6.45) is 1.12. The lowest BCUT2D eigenvalue weighted by Crippen LogP contribution is -2.12. The number of fused-ring (bicyclic) bond motifs is 1. The maximum absolute atomic E-state index is 9.66. The second-order valence-corrected chi connectivity index (χ2v) is 4.94. The van der Waals surface area contributed by atoms with E-state index >= 15 is 0 Å². The van der Waals surface area contributed by atoms with Crippen molar-refractivity contribution in [2.75, 3.05) is 0 Å². The molecule has 4 nitrogen and oxygen atoms in total. The lowest BCUT2D eigenvalue weighted by atomic mass is 10.3. The average molecular weight is 277 g/mol. The number of aliphatic hydroxyl groups is 1. The van der Waals surface area contributed by atoms with Gasteiger partial charge in [-0.25, -0.2) is 4.98 Å². The fraction of sp³-hybridized carbons (Fsp3) is 0.214. The van der Waals surface area contributed by atoms with Crippen molar-refractivity contribution in [3.05, 3.63) is 41.6 Å². The molecule has 1 aromatic carbocycles. The summed E-state index contributed by atoms with van der Waals surface area (Å²) in [7, 11) is 0. The summed E-state index contributed by atoms with van der Waals surface area (Å²) < 4.78 is 7.32. The van der Waals surface area contributed by atoms with Crippen LogP contribution in [0.3, 0.4) is 0 Å². The topological polar surface area (TPSA) is 51.2 Å². The van der Waals surface area contributed by atoms with Gasteiger partial charge < -0.3 is 14.1 Å². The minimum absolute atomic E-state index is 0.437.